The van der Waals surface area contributed by atoms with Gasteiger partial charge in [0.1, 0.15) is 5.75 Å². The number of sulfone groups is 1. The average Bonchev–Trinajstić information content (AvgIpc) is 2.45. The van der Waals surface area contributed by atoms with Gasteiger partial charge in [-0.05, 0) is 19.1 Å². The molecular weight excluding hydrogens is 314 g/mol. The number of hydrogen-bond acceptors (Lipinski definition) is 6. The molecule has 0 saturated carbocycles. The van der Waals surface area contributed by atoms with Crippen LogP contribution in [-0.4, -0.2) is 50.6 Å². The number of nitrogens with one attached hydrogen (secondary N) is 1. The predicted octanol–water partition coefficient (Wildman–Crippen LogP) is 0.530. The van der Waals surface area contributed by atoms with Crippen LogP contribution in [0.1, 0.15) is 6.92 Å². The number of benzene rings is 1. The Labute approximate surface area is 128 Å². The van der Waals surface area contributed by atoms with E-state index in [1.54, 1.807) is 6.07 Å². The van der Waals surface area contributed by atoms with Gasteiger partial charge >= 0.3 is 5.97 Å². The van der Waals surface area contributed by atoms with E-state index < -0.39 is 32.7 Å². The van der Waals surface area contributed by atoms with Crippen molar-refractivity contribution in [1.29, 1.82) is 0 Å². The second-order valence-electron chi connectivity index (χ2n) is 4.41. The topological polar surface area (TPSA) is 119 Å². The van der Waals surface area contributed by atoms with Crippen LogP contribution in [-0.2, 0) is 19.4 Å². The largest absolute Gasteiger partial charge is 0.493 e. The van der Waals surface area contributed by atoms with Crippen molar-refractivity contribution >= 4 is 27.4 Å². The number of carboxylic acid groups (broad SMARTS) is 1. The quantitative estimate of drug-likeness (QED) is 0.748. The molecule has 1 aromatic carbocycles. The minimum absolute atomic E-state index is 0.306. The number of carboxylic acids is 1. The van der Waals surface area contributed by atoms with Crippen LogP contribution in [0.25, 0.3) is 0 Å². The summed E-state index contributed by atoms with van der Waals surface area (Å²) in [5.74, 6) is -2.44. The molecule has 1 rings (SSSR count). The number of carbonyl (C=O) groups excluding carboxylic acids is 1. The molecule has 1 atom stereocenters. The van der Waals surface area contributed by atoms with Crippen LogP contribution < -0.4 is 14.8 Å². The highest BCUT2D eigenvalue weighted by atomic mass is 32.2. The van der Waals surface area contributed by atoms with Gasteiger partial charge in [0.05, 0.1) is 14.2 Å². The maximum atomic E-state index is 11.8. The van der Waals surface area contributed by atoms with Crippen molar-refractivity contribution in [2.45, 2.75) is 12.2 Å². The number of aliphatic carboxylic acids is 1. The van der Waals surface area contributed by atoms with E-state index in [2.05, 4.69) is 5.32 Å². The maximum absolute atomic E-state index is 11.8. The van der Waals surface area contributed by atoms with Crippen LogP contribution in [0.4, 0.5) is 5.69 Å². The Morgan fingerprint density at radius 3 is 2.32 bits per heavy atom. The molecule has 0 spiro atoms. The fourth-order valence-corrected chi connectivity index (χ4v) is 2.57. The zero-order valence-electron chi connectivity index (χ0n) is 12.3. The third-order valence-electron chi connectivity index (χ3n) is 2.89. The van der Waals surface area contributed by atoms with Crippen molar-refractivity contribution in [2.75, 3.05) is 25.3 Å². The summed E-state index contributed by atoms with van der Waals surface area (Å²) < 4.78 is 33.5. The number of methoxy groups -OCH3 is 2. The van der Waals surface area contributed by atoms with Crippen LogP contribution in [0.2, 0.25) is 0 Å². The van der Waals surface area contributed by atoms with Crippen LogP contribution in [0.5, 0.6) is 11.5 Å². The molecule has 0 bridgehead atoms. The van der Waals surface area contributed by atoms with Gasteiger partial charge in [-0.1, -0.05) is 0 Å². The molecule has 0 aliphatic heterocycles. The smallest absolute Gasteiger partial charge is 0.321 e. The molecule has 1 aromatic rings. The molecule has 1 unspecified atom stereocenters. The first-order valence-corrected chi connectivity index (χ1v) is 7.89. The van der Waals surface area contributed by atoms with Gasteiger partial charge in [-0.3, -0.25) is 9.59 Å². The highest BCUT2D eigenvalue weighted by Crippen LogP contribution is 2.29. The standard InChI is InChI=1S/C13H17NO7S/c1-8(13(16)17)22(18,19)7-12(15)14-9-4-5-10(20-2)11(6-9)21-3/h4-6,8H,7H2,1-3H3,(H,14,15)(H,16,17). The summed E-state index contributed by atoms with van der Waals surface area (Å²) in [5, 5.41) is 9.43. The SMILES string of the molecule is COc1ccc(NC(=O)CS(=O)(=O)C(C)C(=O)O)cc1OC. The summed E-state index contributed by atoms with van der Waals surface area (Å²) >= 11 is 0. The first-order valence-electron chi connectivity index (χ1n) is 6.17. The number of hydrogen-bond donors (Lipinski definition) is 2. The lowest BCUT2D eigenvalue weighted by molar-refractivity contribution is -0.136. The molecule has 2 N–H and O–H groups in total. The van der Waals surface area contributed by atoms with Gasteiger partial charge in [0.25, 0.3) is 0 Å². The minimum Gasteiger partial charge on any atom is -0.493 e. The van der Waals surface area contributed by atoms with Gasteiger partial charge in [0.2, 0.25) is 5.91 Å². The number of amides is 1. The second-order valence-corrected chi connectivity index (χ2v) is 6.73. The molecule has 1 amide bonds. The van der Waals surface area contributed by atoms with Crippen LogP contribution in [0.15, 0.2) is 18.2 Å². The fourth-order valence-electron chi connectivity index (χ4n) is 1.57. The molecule has 0 heterocycles. The molecular formula is C13H17NO7S. The zero-order chi connectivity index (χ0) is 16.9. The van der Waals surface area contributed by atoms with Crippen molar-refractivity contribution < 1.29 is 32.6 Å². The van der Waals surface area contributed by atoms with E-state index in [9.17, 15) is 18.0 Å². The summed E-state index contributed by atoms with van der Waals surface area (Å²) in [7, 11) is -1.20. The normalized spacial score (nSPS) is 12.3. The summed E-state index contributed by atoms with van der Waals surface area (Å²) in [6.07, 6.45) is 0. The number of ether oxygens (including phenoxy) is 2. The Bertz CT molecular complexity index is 669. The zero-order valence-corrected chi connectivity index (χ0v) is 13.1. The maximum Gasteiger partial charge on any atom is 0.321 e. The molecule has 9 heteroatoms. The van der Waals surface area contributed by atoms with Gasteiger partial charge < -0.3 is 19.9 Å². The fraction of sp³-hybridized carbons (Fsp3) is 0.385. The van der Waals surface area contributed by atoms with E-state index in [0.29, 0.717) is 17.2 Å². The molecule has 22 heavy (non-hydrogen) atoms. The lowest BCUT2D eigenvalue weighted by Gasteiger charge is -2.11. The Balaban J connectivity index is 2.84. The Morgan fingerprint density at radius 1 is 1.23 bits per heavy atom. The summed E-state index contributed by atoms with van der Waals surface area (Å²) in [5.41, 5.74) is 0.306. The molecule has 0 fully saturated rings. The lowest BCUT2D eigenvalue weighted by Crippen LogP contribution is -2.34. The first-order chi connectivity index (χ1) is 10.2. The summed E-state index contributed by atoms with van der Waals surface area (Å²) in [4.78, 5) is 22.5. The second kappa shape index (κ2) is 7.12. The van der Waals surface area contributed by atoms with E-state index in [-0.39, 0.29) is 0 Å². The first kappa shape index (κ1) is 17.8. The monoisotopic (exact) mass is 331 g/mol. The van der Waals surface area contributed by atoms with Crippen LogP contribution in [0.3, 0.4) is 0 Å². The molecule has 0 aliphatic carbocycles. The van der Waals surface area contributed by atoms with Crippen molar-refractivity contribution in [3.8, 4) is 11.5 Å². The van der Waals surface area contributed by atoms with E-state index in [1.165, 1.54) is 26.4 Å². The van der Waals surface area contributed by atoms with E-state index in [1.807, 2.05) is 0 Å². The summed E-state index contributed by atoms with van der Waals surface area (Å²) in [6, 6.07) is 4.51. The van der Waals surface area contributed by atoms with Gasteiger partial charge in [0.15, 0.2) is 26.6 Å². The third-order valence-corrected chi connectivity index (χ3v) is 4.83. The van der Waals surface area contributed by atoms with E-state index in [0.717, 1.165) is 6.92 Å². The molecule has 0 saturated heterocycles. The summed E-state index contributed by atoms with van der Waals surface area (Å²) in [6.45, 7) is 1.02. The van der Waals surface area contributed by atoms with E-state index >= 15 is 0 Å². The van der Waals surface area contributed by atoms with E-state index in [4.69, 9.17) is 14.6 Å². The van der Waals surface area contributed by atoms with Crippen molar-refractivity contribution in [2.24, 2.45) is 0 Å². The van der Waals surface area contributed by atoms with Crippen LogP contribution in [0, 0.1) is 0 Å². The Hall–Kier alpha value is -2.29. The molecule has 0 aliphatic rings. The van der Waals surface area contributed by atoms with Crippen LogP contribution >= 0.6 is 0 Å². The van der Waals surface area contributed by atoms with Crippen molar-refractivity contribution in [3.05, 3.63) is 18.2 Å². The highest BCUT2D eigenvalue weighted by Gasteiger charge is 2.30. The Morgan fingerprint density at radius 2 is 1.82 bits per heavy atom. The number of rotatable bonds is 7. The van der Waals surface area contributed by atoms with Crippen molar-refractivity contribution in [3.63, 3.8) is 0 Å². The number of anilines is 1. The van der Waals surface area contributed by atoms with Gasteiger partial charge in [-0.2, -0.15) is 0 Å². The molecule has 122 valence electrons. The van der Waals surface area contributed by atoms with Crippen molar-refractivity contribution in [1.82, 2.24) is 0 Å². The predicted molar refractivity (Wildman–Crippen MR) is 79.1 cm³/mol. The van der Waals surface area contributed by atoms with Gasteiger partial charge in [0, 0.05) is 11.8 Å². The average molecular weight is 331 g/mol. The highest BCUT2D eigenvalue weighted by molar-refractivity contribution is 7.93. The molecule has 0 aromatic heterocycles. The Kier molecular flexibility index (Phi) is 5.75. The minimum atomic E-state index is -4.07. The number of carbonyl (C=O) groups is 2. The van der Waals surface area contributed by atoms with Gasteiger partial charge in [-0.25, -0.2) is 8.42 Å². The lowest BCUT2D eigenvalue weighted by atomic mass is 10.2. The third kappa shape index (κ3) is 4.35. The van der Waals surface area contributed by atoms with Gasteiger partial charge in [-0.15, -0.1) is 0 Å². The molecule has 8 nitrogen and oxygen atoms in total. The molecule has 0 radical (unpaired) electrons.